The minimum absolute atomic E-state index is 0.716. The van der Waals surface area contributed by atoms with E-state index in [-0.39, 0.29) is 0 Å². The lowest BCUT2D eigenvalue weighted by Gasteiger charge is -1.90. The van der Waals surface area contributed by atoms with Crippen molar-refractivity contribution in [1.82, 2.24) is 0 Å². The predicted octanol–water partition coefficient (Wildman–Crippen LogP) is 3.26. The number of hydrogen-bond acceptors (Lipinski definition) is 0. The van der Waals surface area contributed by atoms with E-state index in [0.29, 0.717) is 5.03 Å². The third-order valence-electron chi connectivity index (χ3n) is 0.843. The summed E-state index contributed by atoms with van der Waals surface area (Å²) in [6.45, 7) is 7.49. The summed E-state index contributed by atoms with van der Waals surface area (Å²) in [5.41, 5.74) is 0.898. The van der Waals surface area contributed by atoms with E-state index in [1.54, 1.807) is 0 Å². The van der Waals surface area contributed by atoms with Crippen molar-refractivity contribution in [1.29, 1.82) is 0 Å². The first-order valence-corrected chi connectivity index (χ1v) is 3.20. The molecular formula is C8H11Cl. The molecule has 0 aliphatic carbocycles. The van der Waals surface area contributed by atoms with E-state index in [2.05, 4.69) is 6.58 Å². The Hall–Kier alpha value is -0.490. The molecule has 0 aromatic carbocycles. The van der Waals surface area contributed by atoms with Gasteiger partial charge in [0, 0.05) is 5.03 Å². The lowest BCUT2D eigenvalue weighted by molar-refractivity contribution is 1.52. The van der Waals surface area contributed by atoms with Gasteiger partial charge in [-0.05, 0) is 25.5 Å². The normalized spacial score (nSPS) is 12.6. The highest BCUT2D eigenvalue weighted by Crippen LogP contribution is 2.10. The van der Waals surface area contributed by atoms with Gasteiger partial charge in [-0.2, -0.15) is 0 Å². The molecule has 0 radical (unpaired) electrons. The molecule has 0 aromatic rings. The standard InChI is InChI=1S/C8H11Cl/c1-4-5-6-8(9)7(2)3/h4-6H,2H2,1,3H3/b5-4-,8-6+. The lowest BCUT2D eigenvalue weighted by atomic mass is 10.3. The Balaban J connectivity index is 4.00. The molecule has 0 unspecified atom stereocenters. The van der Waals surface area contributed by atoms with Gasteiger partial charge in [-0.25, -0.2) is 0 Å². The van der Waals surface area contributed by atoms with Crippen LogP contribution in [0.3, 0.4) is 0 Å². The van der Waals surface area contributed by atoms with Crippen LogP contribution in [0.15, 0.2) is 35.4 Å². The molecule has 0 aliphatic rings. The minimum atomic E-state index is 0.716. The zero-order valence-electron chi connectivity index (χ0n) is 5.82. The molecular weight excluding hydrogens is 132 g/mol. The molecule has 0 aromatic heterocycles. The van der Waals surface area contributed by atoms with Crippen LogP contribution in [0.25, 0.3) is 0 Å². The molecule has 0 nitrogen and oxygen atoms in total. The molecule has 0 atom stereocenters. The van der Waals surface area contributed by atoms with Crippen LogP contribution in [0, 0.1) is 0 Å². The van der Waals surface area contributed by atoms with E-state index in [1.165, 1.54) is 0 Å². The summed E-state index contributed by atoms with van der Waals surface area (Å²) in [6.07, 6.45) is 5.63. The van der Waals surface area contributed by atoms with E-state index in [4.69, 9.17) is 11.6 Å². The summed E-state index contributed by atoms with van der Waals surface area (Å²) in [5.74, 6) is 0. The van der Waals surface area contributed by atoms with Crippen molar-refractivity contribution >= 4 is 11.6 Å². The van der Waals surface area contributed by atoms with Gasteiger partial charge in [0.05, 0.1) is 0 Å². The number of allylic oxidation sites excluding steroid dienone is 5. The van der Waals surface area contributed by atoms with Gasteiger partial charge in [0.15, 0.2) is 0 Å². The van der Waals surface area contributed by atoms with Crippen molar-refractivity contribution in [2.24, 2.45) is 0 Å². The van der Waals surface area contributed by atoms with Crippen molar-refractivity contribution in [3.8, 4) is 0 Å². The second kappa shape index (κ2) is 4.39. The molecule has 0 amide bonds. The van der Waals surface area contributed by atoms with Crippen LogP contribution in [0.2, 0.25) is 0 Å². The maximum absolute atomic E-state index is 5.70. The largest absolute Gasteiger partial charge is 0.0946 e. The lowest BCUT2D eigenvalue weighted by Crippen LogP contribution is -1.68. The summed E-state index contributed by atoms with van der Waals surface area (Å²) < 4.78 is 0. The number of hydrogen-bond donors (Lipinski definition) is 0. The molecule has 0 rings (SSSR count). The van der Waals surface area contributed by atoms with Gasteiger partial charge in [-0.15, -0.1) is 0 Å². The van der Waals surface area contributed by atoms with Crippen molar-refractivity contribution in [3.63, 3.8) is 0 Å². The zero-order chi connectivity index (χ0) is 7.28. The van der Waals surface area contributed by atoms with Gasteiger partial charge in [-0.3, -0.25) is 0 Å². The van der Waals surface area contributed by atoms with Gasteiger partial charge < -0.3 is 0 Å². The molecule has 0 saturated heterocycles. The van der Waals surface area contributed by atoms with Crippen LogP contribution < -0.4 is 0 Å². The summed E-state index contributed by atoms with van der Waals surface area (Å²) in [6, 6.07) is 0. The quantitative estimate of drug-likeness (QED) is 0.520. The molecule has 0 saturated carbocycles. The fourth-order valence-corrected chi connectivity index (χ4v) is 0.396. The van der Waals surface area contributed by atoms with Crippen LogP contribution in [0.4, 0.5) is 0 Å². The fourth-order valence-electron chi connectivity index (χ4n) is 0.323. The zero-order valence-corrected chi connectivity index (χ0v) is 6.57. The fraction of sp³-hybridized carbons (Fsp3) is 0.250. The van der Waals surface area contributed by atoms with Crippen molar-refractivity contribution in [3.05, 3.63) is 35.4 Å². The summed E-state index contributed by atoms with van der Waals surface area (Å²) in [4.78, 5) is 0. The molecule has 0 aliphatic heterocycles. The highest BCUT2D eigenvalue weighted by molar-refractivity contribution is 6.31. The monoisotopic (exact) mass is 142 g/mol. The van der Waals surface area contributed by atoms with E-state index in [9.17, 15) is 0 Å². The van der Waals surface area contributed by atoms with Crippen LogP contribution in [-0.4, -0.2) is 0 Å². The van der Waals surface area contributed by atoms with Crippen LogP contribution in [-0.2, 0) is 0 Å². The second-order valence-electron chi connectivity index (χ2n) is 1.82. The Kier molecular flexibility index (Phi) is 4.16. The van der Waals surface area contributed by atoms with Crippen molar-refractivity contribution < 1.29 is 0 Å². The highest BCUT2D eigenvalue weighted by Gasteiger charge is 1.86. The van der Waals surface area contributed by atoms with Crippen LogP contribution in [0.5, 0.6) is 0 Å². The Morgan fingerprint density at radius 3 is 2.44 bits per heavy atom. The van der Waals surface area contributed by atoms with Crippen LogP contribution >= 0.6 is 11.6 Å². The molecule has 9 heavy (non-hydrogen) atoms. The molecule has 0 heterocycles. The molecule has 50 valence electrons. The minimum Gasteiger partial charge on any atom is -0.0946 e. The van der Waals surface area contributed by atoms with E-state index >= 15 is 0 Å². The average molecular weight is 143 g/mol. The predicted molar refractivity (Wildman–Crippen MR) is 43.6 cm³/mol. The van der Waals surface area contributed by atoms with Gasteiger partial charge in [0.2, 0.25) is 0 Å². The van der Waals surface area contributed by atoms with Gasteiger partial charge in [-0.1, -0.05) is 30.3 Å². The number of rotatable bonds is 2. The van der Waals surface area contributed by atoms with E-state index < -0.39 is 0 Å². The Bertz CT molecular complexity index is 152. The summed E-state index contributed by atoms with van der Waals surface area (Å²) >= 11 is 5.70. The topological polar surface area (TPSA) is 0 Å². The first-order valence-electron chi connectivity index (χ1n) is 2.83. The summed E-state index contributed by atoms with van der Waals surface area (Å²) in [7, 11) is 0. The molecule has 0 bridgehead atoms. The van der Waals surface area contributed by atoms with Crippen molar-refractivity contribution in [2.75, 3.05) is 0 Å². The molecule has 0 fully saturated rings. The Morgan fingerprint density at radius 1 is 1.56 bits per heavy atom. The maximum Gasteiger partial charge on any atom is 0.0429 e. The molecule has 0 spiro atoms. The third-order valence-corrected chi connectivity index (χ3v) is 1.29. The SMILES string of the molecule is C=C(C)/C(Cl)=C\C=C/C. The van der Waals surface area contributed by atoms with Gasteiger partial charge in [0.25, 0.3) is 0 Å². The Labute approximate surface area is 61.5 Å². The van der Waals surface area contributed by atoms with E-state index in [1.807, 2.05) is 32.1 Å². The summed E-state index contributed by atoms with van der Waals surface area (Å²) in [5, 5.41) is 0.716. The van der Waals surface area contributed by atoms with Gasteiger partial charge in [0.1, 0.15) is 0 Å². The van der Waals surface area contributed by atoms with Crippen LogP contribution in [0.1, 0.15) is 13.8 Å². The van der Waals surface area contributed by atoms with Gasteiger partial charge >= 0.3 is 0 Å². The highest BCUT2D eigenvalue weighted by atomic mass is 35.5. The first kappa shape index (κ1) is 8.51. The molecule has 1 heteroatoms. The maximum atomic E-state index is 5.70. The number of halogens is 1. The van der Waals surface area contributed by atoms with E-state index in [0.717, 1.165) is 5.57 Å². The first-order chi connectivity index (χ1) is 4.18. The second-order valence-corrected chi connectivity index (χ2v) is 2.23. The molecule has 0 N–H and O–H groups in total. The van der Waals surface area contributed by atoms with Crippen molar-refractivity contribution in [2.45, 2.75) is 13.8 Å². The third kappa shape index (κ3) is 4.04. The Morgan fingerprint density at radius 2 is 2.11 bits per heavy atom. The average Bonchev–Trinajstić information content (AvgIpc) is 1.82. The smallest absolute Gasteiger partial charge is 0.0429 e.